The summed E-state index contributed by atoms with van der Waals surface area (Å²) in [6.45, 7) is 0.492. The molecule has 0 atom stereocenters. The number of nitrogens with one attached hydrogen (secondary N) is 1. The summed E-state index contributed by atoms with van der Waals surface area (Å²) in [5.41, 5.74) is 8.52. The quantitative estimate of drug-likeness (QED) is 0.360. The highest BCUT2D eigenvalue weighted by molar-refractivity contribution is 5.95. The molecule has 0 aliphatic rings. The molecule has 0 unspecified atom stereocenters. The van der Waals surface area contributed by atoms with E-state index >= 15 is 0 Å². The van der Waals surface area contributed by atoms with Gasteiger partial charge in [-0.05, 0) is 17.7 Å². The van der Waals surface area contributed by atoms with Crippen molar-refractivity contribution in [3.8, 4) is 11.5 Å². The average Bonchev–Trinajstić information content (AvgIpc) is 2.42. The predicted octanol–water partition coefficient (Wildman–Crippen LogP) is 1.74. The molecule has 0 aliphatic heterocycles. The molecule has 0 radical (unpaired) electrons. The summed E-state index contributed by atoms with van der Waals surface area (Å²) >= 11 is 0. The molecule has 0 heterocycles. The van der Waals surface area contributed by atoms with Crippen LogP contribution in [0.4, 0.5) is 0 Å². The maximum absolute atomic E-state index is 11.8. The van der Waals surface area contributed by atoms with Crippen LogP contribution in [0, 0.1) is 0 Å². The van der Waals surface area contributed by atoms with Crippen LogP contribution in [0.5, 0.6) is 11.5 Å². The average molecular weight is 250 g/mol. The smallest absolute Gasteiger partial charge is 0.251 e. The lowest BCUT2D eigenvalue weighted by molar-refractivity contribution is 0.0954. The molecule has 1 aromatic rings. The summed E-state index contributed by atoms with van der Waals surface area (Å²) in [6, 6.07) is 4.88. The van der Waals surface area contributed by atoms with Gasteiger partial charge in [0.15, 0.2) is 0 Å². The second-order valence-corrected chi connectivity index (χ2v) is 3.31. The van der Waals surface area contributed by atoms with Crippen LogP contribution in [0.15, 0.2) is 23.3 Å². The lowest BCUT2D eigenvalue weighted by Gasteiger charge is -2.08. The summed E-state index contributed by atoms with van der Waals surface area (Å²) in [6.07, 6.45) is 0. The minimum Gasteiger partial charge on any atom is -0.497 e. The van der Waals surface area contributed by atoms with E-state index in [4.69, 9.17) is 15.0 Å². The molecule has 1 amide bonds. The van der Waals surface area contributed by atoms with Crippen LogP contribution in [-0.2, 0) is 0 Å². The SMILES string of the molecule is COc1cc(OC)cc(C(=O)NCCN=[N+]=[N-])c1. The topological polar surface area (TPSA) is 96.3 Å². The summed E-state index contributed by atoms with van der Waals surface area (Å²) in [4.78, 5) is 14.4. The number of methoxy groups -OCH3 is 2. The van der Waals surface area contributed by atoms with Gasteiger partial charge in [-0.3, -0.25) is 4.79 Å². The maximum Gasteiger partial charge on any atom is 0.251 e. The molecule has 0 aliphatic carbocycles. The van der Waals surface area contributed by atoms with Gasteiger partial charge in [-0.15, -0.1) is 0 Å². The molecule has 18 heavy (non-hydrogen) atoms. The number of hydrogen-bond acceptors (Lipinski definition) is 4. The van der Waals surface area contributed by atoms with Gasteiger partial charge in [0.1, 0.15) is 11.5 Å². The van der Waals surface area contributed by atoms with Crippen molar-refractivity contribution in [3.63, 3.8) is 0 Å². The third-order valence-corrected chi connectivity index (χ3v) is 2.17. The minimum atomic E-state index is -0.277. The van der Waals surface area contributed by atoms with Crippen molar-refractivity contribution in [2.24, 2.45) is 5.11 Å². The first kappa shape index (κ1) is 13.7. The molecule has 7 heteroatoms. The van der Waals surface area contributed by atoms with Gasteiger partial charge in [-0.25, -0.2) is 0 Å². The van der Waals surface area contributed by atoms with E-state index in [2.05, 4.69) is 15.3 Å². The number of nitrogens with zero attached hydrogens (tertiary/aromatic N) is 3. The van der Waals surface area contributed by atoms with Crippen molar-refractivity contribution >= 4 is 5.91 Å². The van der Waals surface area contributed by atoms with Crippen molar-refractivity contribution in [2.75, 3.05) is 27.3 Å². The van der Waals surface area contributed by atoms with Gasteiger partial charge in [-0.2, -0.15) is 0 Å². The first-order valence-electron chi connectivity index (χ1n) is 5.23. The number of ether oxygens (including phenoxy) is 2. The molecule has 0 saturated heterocycles. The van der Waals surface area contributed by atoms with Gasteiger partial charge in [0.05, 0.1) is 14.2 Å². The predicted molar refractivity (Wildman–Crippen MR) is 65.9 cm³/mol. The monoisotopic (exact) mass is 250 g/mol. The van der Waals surface area contributed by atoms with Crippen LogP contribution in [0.2, 0.25) is 0 Å². The number of azide groups is 1. The Bertz CT molecular complexity index is 447. The zero-order valence-electron chi connectivity index (χ0n) is 10.2. The molecule has 0 bridgehead atoms. The van der Waals surface area contributed by atoms with Gasteiger partial charge < -0.3 is 14.8 Å². The van der Waals surface area contributed by atoms with Crippen molar-refractivity contribution in [2.45, 2.75) is 0 Å². The summed E-state index contributed by atoms with van der Waals surface area (Å²) < 4.78 is 10.1. The Morgan fingerprint density at radius 2 is 1.94 bits per heavy atom. The first-order valence-corrected chi connectivity index (χ1v) is 5.23. The van der Waals surface area contributed by atoms with Gasteiger partial charge in [-0.1, -0.05) is 5.11 Å². The van der Waals surface area contributed by atoms with Crippen molar-refractivity contribution < 1.29 is 14.3 Å². The van der Waals surface area contributed by atoms with E-state index in [-0.39, 0.29) is 19.0 Å². The van der Waals surface area contributed by atoms with Crippen molar-refractivity contribution in [1.29, 1.82) is 0 Å². The van der Waals surface area contributed by atoms with E-state index in [1.165, 1.54) is 14.2 Å². The molecule has 1 aromatic carbocycles. The molecule has 0 saturated carbocycles. The van der Waals surface area contributed by atoms with Crippen LogP contribution in [0.1, 0.15) is 10.4 Å². The van der Waals surface area contributed by atoms with E-state index in [9.17, 15) is 4.79 Å². The fraction of sp³-hybridized carbons (Fsp3) is 0.364. The Kier molecular flexibility index (Phi) is 5.34. The first-order chi connectivity index (χ1) is 8.71. The van der Waals surface area contributed by atoms with Gasteiger partial charge in [0, 0.05) is 29.6 Å². The van der Waals surface area contributed by atoms with Crippen molar-refractivity contribution in [3.05, 3.63) is 34.2 Å². The largest absolute Gasteiger partial charge is 0.497 e. The lowest BCUT2D eigenvalue weighted by Crippen LogP contribution is -2.25. The van der Waals surface area contributed by atoms with Crippen LogP contribution in [0.3, 0.4) is 0 Å². The summed E-state index contributed by atoms with van der Waals surface area (Å²) in [5.74, 6) is 0.796. The Hall–Kier alpha value is -2.40. The van der Waals surface area contributed by atoms with Crippen LogP contribution in [0.25, 0.3) is 10.4 Å². The fourth-order valence-corrected chi connectivity index (χ4v) is 1.30. The Morgan fingerprint density at radius 1 is 1.33 bits per heavy atom. The third kappa shape index (κ3) is 3.88. The van der Waals surface area contributed by atoms with E-state index in [0.29, 0.717) is 17.1 Å². The molecule has 1 rings (SSSR count). The second kappa shape index (κ2) is 7.03. The molecule has 0 spiro atoms. The number of benzene rings is 1. The van der Waals surface area contributed by atoms with E-state index < -0.39 is 0 Å². The van der Waals surface area contributed by atoms with Crippen LogP contribution < -0.4 is 14.8 Å². The number of hydrogen-bond donors (Lipinski definition) is 1. The number of carbonyl (C=O) groups is 1. The molecular weight excluding hydrogens is 236 g/mol. The highest BCUT2D eigenvalue weighted by atomic mass is 16.5. The normalized spacial score (nSPS) is 9.22. The van der Waals surface area contributed by atoms with Crippen LogP contribution >= 0.6 is 0 Å². The Balaban J connectivity index is 2.74. The standard InChI is InChI=1S/C11H14N4O3/c1-17-9-5-8(6-10(7-9)18-2)11(16)13-3-4-14-15-12/h5-7H,3-4H2,1-2H3,(H,13,16). The molecular formula is C11H14N4O3. The van der Waals surface area contributed by atoms with E-state index in [1.54, 1.807) is 18.2 Å². The van der Waals surface area contributed by atoms with E-state index in [1.807, 2.05) is 0 Å². The van der Waals surface area contributed by atoms with Crippen LogP contribution in [-0.4, -0.2) is 33.2 Å². The van der Waals surface area contributed by atoms with Gasteiger partial charge in [0.2, 0.25) is 0 Å². The lowest BCUT2D eigenvalue weighted by atomic mass is 10.2. The van der Waals surface area contributed by atoms with Crippen molar-refractivity contribution in [1.82, 2.24) is 5.32 Å². The number of carbonyl (C=O) groups excluding carboxylic acids is 1. The third-order valence-electron chi connectivity index (χ3n) is 2.17. The summed E-state index contributed by atoms with van der Waals surface area (Å²) in [5, 5.41) is 5.94. The highest BCUT2D eigenvalue weighted by Crippen LogP contribution is 2.22. The summed E-state index contributed by atoms with van der Waals surface area (Å²) in [7, 11) is 3.02. The zero-order chi connectivity index (χ0) is 13.4. The van der Waals surface area contributed by atoms with E-state index in [0.717, 1.165) is 0 Å². The highest BCUT2D eigenvalue weighted by Gasteiger charge is 2.08. The number of amides is 1. The van der Waals surface area contributed by atoms with Gasteiger partial charge >= 0.3 is 0 Å². The zero-order valence-corrected chi connectivity index (χ0v) is 10.2. The molecule has 96 valence electrons. The molecule has 1 N–H and O–H groups in total. The maximum atomic E-state index is 11.8. The fourth-order valence-electron chi connectivity index (χ4n) is 1.30. The Labute approximate surface area is 104 Å². The molecule has 0 fully saturated rings. The molecule has 0 aromatic heterocycles. The second-order valence-electron chi connectivity index (χ2n) is 3.31. The van der Waals surface area contributed by atoms with Gasteiger partial charge in [0.25, 0.3) is 5.91 Å². The number of rotatable bonds is 6. The minimum absolute atomic E-state index is 0.212. The Morgan fingerprint density at radius 3 is 2.44 bits per heavy atom. The molecule has 7 nitrogen and oxygen atoms in total.